The van der Waals surface area contributed by atoms with E-state index in [2.05, 4.69) is 4.74 Å². The van der Waals surface area contributed by atoms with Crippen molar-refractivity contribution in [3.63, 3.8) is 0 Å². The molecule has 0 unspecified atom stereocenters. The van der Waals surface area contributed by atoms with Gasteiger partial charge in [0.25, 0.3) is 10.0 Å². The highest BCUT2D eigenvalue weighted by molar-refractivity contribution is 7.89. The monoisotopic (exact) mass is 288 g/mol. The van der Waals surface area contributed by atoms with Crippen LogP contribution in [-0.4, -0.2) is 34.8 Å². The molecule has 19 heavy (non-hydrogen) atoms. The standard InChI is InChI=1S/C10H12N2O6S/c1-16-10(13)11-12-19(14,15)7-2-3-8-9(6-7)18-5-4-17-8/h2-3,6,12H,4-5H2,1H3,(H,11,13). The van der Waals surface area contributed by atoms with Gasteiger partial charge in [0.1, 0.15) is 13.2 Å². The lowest BCUT2D eigenvalue weighted by Crippen LogP contribution is -2.41. The highest BCUT2D eigenvalue weighted by Gasteiger charge is 2.19. The molecule has 9 heteroatoms. The minimum absolute atomic E-state index is 0.0619. The first-order valence-electron chi connectivity index (χ1n) is 5.28. The molecule has 0 aromatic heterocycles. The third-order valence-electron chi connectivity index (χ3n) is 2.30. The first kappa shape index (κ1) is 13.4. The minimum Gasteiger partial charge on any atom is -0.486 e. The minimum atomic E-state index is -3.90. The number of methoxy groups -OCH3 is 1. The van der Waals surface area contributed by atoms with Gasteiger partial charge in [-0.25, -0.2) is 18.6 Å². The van der Waals surface area contributed by atoms with Crippen LogP contribution in [0.25, 0.3) is 0 Å². The molecule has 0 aliphatic carbocycles. The predicted molar refractivity (Wildman–Crippen MR) is 63.3 cm³/mol. The molecule has 0 saturated carbocycles. The molecule has 8 nitrogen and oxygen atoms in total. The number of rotatable bonds is 3. The second-order valence-corrected chi connectivity index (χ2v) is 5.21. The van der Waals surface area contributed by atoms with Gasteiger partial charge < -0.3 is 14.2 Å². The van der Waals surface area contributed by atoms with Crippen LogP contribution in [-0.2, 0) is 14.8 Å². The number of hydrogen-bond acceptors (Lipinski definition) is 6. The molecular weight excluding hydrogens is 276 g/mol. The smallest absolute Gasteiger partial charge is 0.422 e. The van der Waals surface area contributed by atoms with E-state index in [9.17, 15) is 13.2 Å². The summed E-state index contributed by atoms with van der Waals surface area (Å²) in [7, 11) is -2.78. The quantitative estimate of drug-likeness (QED) is 0.759. The average Bonchev–Trinajstić information content (AvgIpc) is 2.44. The molecule has 104 valence electrons. The van der Waals surface area contributed by atoms with E-state index in [4.69, 9.17) is 9.47 Å². The number of carbonyl (C=O) groups is 1. The fraction of sp³-hybridized carbons (Fsp3) is 0.300. The molecule has 2 N–H and O–H groups in total. The van der Waals surface area contributed by atoms with Crippen molar-refractivity contribution in [2.45, 2.75) is 4.90 Å². The van der Waals surface area contributed by atoms with Gasteiger partial charge >= 0.3 is 6.09 Å². The Labute approximate surface area is 109 Å². The summed E-state index contributed by atoms with van der Waals surface area (Å²) < 4.78 is 38.5. The largest absolute Gasteiger partial charge is 0.486 e. The fourth-order valence-electron chi connectivity index (χ4n) is 1.41. The molecule has 0 spiro atoms. The molecule has 0 atom stereocenters. The molecular formula is C10H12N2O6S. The van der Waals surface area contributed by atoms with E-state index in [0.29, 0.717) is 24.7 Å². The number of amides is 1. The van der Waals surface area contributed by atoms with Crippen LogP contribution in [0, 0.1) is 0 Å². The van der Waals surface area contributed by atoms with Gasteiger partial charge in [-0.2, -0.15) is 0 Å². The van der Waals surface area contributed by atoms with Gasteiger partial charge in [0, 0.05) is 6.07 Å². The zero-order chi connectivity index (χ0) is 13.9. The van der Waals surface area contributed by atoms with E-state index in [1.165, 1.54) is 18.2 Å². The van der Waals surface area contributed by atoms with E-state index in [1.807, 2.05) is 10.3 Å². The highest BCUT2D eigenvalue weighted by atomic mass is 32.2. The number of sulfonamides is 1. The topological polar surface area (TPSA) is 103 Å². The summed E-state index contributed by atoms with van der Waals surface area (Å²) in [6.07, 6.45) is -0.916. The maximum absolute atomic E-state index is 11.9. The first-order chi connectivity index (χ1) is 9.03. The zero-order valence-corrected chi connectivity index (χ0v) is 10.8. The van der Waals surface area contributed by atoms with Crippen molar-refractivity contribution < 1.29 is 27.4 Å². The Morgan fingerprint density at radius 1 is 1.26 bits per heavy atom. The third kappa shape index (κ3) is 3.06. The molecule has 0 saturated heterocycles. The van der Waals surface area contributed by atoms with Crippen LogP contribution >= 0.6 is 0 Å². The summed E-state index contributed by atoms with van der Waals surface area (Å²) in [6, 6.07) is 4.14. The number of hydrazine groups is 1. The van der Waals surface area contributed by atoms with Crippen molar-refractivity contribution in [1.29, 1.82) is 0 Å². The predicted octanol–water partition coefficient (Wildman–Crippen LogP) is 0.00710. The lowest BCUT2D eigenvalue weighted by molar-refractivity contribution is 0.169. The molecule has 1 aromatic rings. The summed E-state index contributed by atoms with van der Waals surface area (Å²) in [6.45, 7) is 0.769. The fourth-order valence-corrected chi connectivity index (χ4v) is 2.25. The molecule has 0 fully saturated rings. The van der Waals surface area contributed by atoms with Crippen LogP contribution < -0.4 is 19.7 Å². The third-order valence-corrected chi connectivity index (χ3v) is 3.54. The summed E-state index contributed by atoms with van der Waals surface area (Å²) in [5.74, 6) is 0.818. The van der Waals surface area contributed by atoms with Crippen molar-refractivity contribution in [2.75, 3.05) is 20.3 Å². The van der Waals surface area contributed by atoms with Crippen molar-refractivity contribution in [1.82, 2.24) is 10.3 Å². The first-order valence-corrected chi connectivity index (χ1v) is 6.76. The van der Waals surface area contributed by atoms with E-state index >= 15 is 0 Å². The zero-order valence-electron chi connectivity index (χ0n) is 10.0. The van der Waals surface area contributed by atoms with E-state index in [0.717, 1.165) is 7.11 Å². The maximum Gasteiger partial charge on any atom is 0.422 e. The lowest BCUT2D eigenvalue weighted by Gasteiger charge is -2.18. The van der Waals surface area contributed by atoms with Crippen LogP contribution in [0.1, 0.15) is 0 Å². The van der Waals surface area contributed by atoms with Crippen molar-refractivity contribution in [3.05, 3.63) is 18.2 Å². The summed E-state index contributed by atoms with van der Waals surface area (Å²) in [4.78, 5) is 12.6. The number of benzene rings is 1. The molecule has 1 amide bonds. The van der Waals surface area contributed by atoms with Gasteiger partial charge in [-0.1, -0.05) is 0 Å². The van der Waals surface area contributed by atoms with Crippen LogP contribution in [0.15, 0.2) is 23.1 Å². The molecule has 1 aliphatic rings. The lowest BCUT2D eigenvalue weighted by atomic mass is 10.3. The number of hydrogen-bond donors (Lipinski definition) is 2. The molecule has 0 radical (unpaired) electrons. The molecule has 1 aromatic carbocycles. The normalized spacial score (nSPS) is 13.7. The second kappa shape index (κ2) is 5.33. The number of ether oxygens (including phenoxy) is 3. The molecule has 1 aliphatic heterocycles. The highest BCUT2D eigenvalue weighted by Crippen LogP contribution is 2.31. The molecule has 1 heterocycles. The maximum atomic E-state index is 11.9. The Morgan fingerprint density at radius 3 is 2.63 bits per heavy atom. The van der Waals surface area contributed by atoms with Gasteiger partial charge in [-0.3, -0.25) is 0 Å². The second-order valence-electron chi connectivity index (χ2n) is 3.53. The Balaban J connectivity index is 2.18. The van der Waals surface area contributed by atoms with Gasteiger partial charge in [0.2, 0.25) is 0 Å². The summed E-state index contributed by atoms with van der Waals surface area (Å²) in [5, 5.41) is 0. The van der Waals surface area contributed by atoms with Crippen LogP contribution in [0.4, 0.5) is 4.79 Å². The number of carbonyl (C=O) groups excluding carboxylic acids is 1. The van der Waals surface area contributed by atoms with Crippen LogP contribution in [0.3, 0.4) is 0 Å². The van der Waals surface area contributed by atoms with E-state index in [-0.39, 0.29) is 4.90 Å². The SMILES string of the molecule is COC(=O)NNS(=O)(=O)c1ccc2c(c1)OCCO2. The van der Waals surface area contributed by atoms with E-state index in [1.54, 1.807) is 0 Å². The average molecular weight is 288 g/mol. The van der Waals surface area contributed by atoms with Crippen LogP contribution in [0.5, 0.6) is 11.5 Å². The van der Waals surface area contributed by atoms with Gasteiger partial charge in [0.05, 0.1) is 12.0 Å². The Morgan fingerprint density at radius 2 is 1.95 bits per heavy atom. The van der Waals surface area contributed by atoms with Gasteiger partial charge in [0.15, 0.2) is 11.5 Å². The van der Waals surface area contributed by atoms with Crippen molar-refractivity contribution in [3.8, 4) is 11.5 Å². The number of fused-ring (bicyclic) bond motifs is 1. The number of nitrogens with one attached hydrogen (secondary N) is 2. The van der Waals surface area contributed by atoms with Gasteiger partial charge in [-0.15, -0.1) is 4.83 Å². The van der Waals surface area contributed by atoms with Crippen molar-refractivity contribution in [2.24, 2.45) is 0 Å². The van der Waals surface area contributed by atoms with Crippen molar-refractivity contribution >= 4 is 16.1 Å². The Bertz CT molecular complexity index is 586. The summed E-state index contributed by atoms with van der Waals surface area (Å²) >= 11 is 0. The molecule has 0 bridgehead atoms. The van der Waals surface area contributed by atoms with E-state index < -0.39 is 16.1 Å². The Hall–Kier alpha value is -2.00. The summed E-state index contributed by atoms with van der Waals surface area (Å²) in [5.41, 5.74) is 1.88. The molecule has 2 rings (SSSR count). The van der Waals surface area contributed by atoms with Crippen LogP contribution in [0.2, 0.25) is 0 Å². The Kier molecular flexibility index (Phi) is 3.76. The van der Waals surface area contributed by atoms with Gasteiger partial charge in [-0.05, 0) is 12.1 Å².